The summed E-state index contributed by atoms with van der Waals surface area (Å²) in [6.45, 7) is 4.13. The minimum Gasteiger partial charge on any atom is -0.486 e. The van der Waals surface area contributed by atoms with Gasteiger partial charge in [-0.05, 0) is 25.1 Å². The topological polar surface area (TPSA) is 54.9 Å². The zero-order chi connectivity index (χ0) is 17.8. The molecular formula is C19H23N3O3. The quantitative estimate of drug-likeness (QED) is 0.837. The molecule has 1 aliphatic heterocycles. The molecule has 0 aliphatic carbocycles. The highest BCUT2D eigenvalue weighted by Crippen LogP contribution is 2.34. The van der Waals surface area contributed by atoms with E-state index in [2.05, 4.69) is 4.98 Å². The Balaban J connectivity index is 1.83. The molecule has 0 saturated heterocycles. The summed E-state index contributed by atoms with van der Waals surface area (Å²) in [5.74, 6) is 2.22. The van der Waals surface area contributed by atoms with Crippen molar-refractivity contribution in [1.82, 2.24) is 9.88 Å². The van der Waals surface area contributed by atoms with Crippen molar-refractivity contribution in [2.24, 2.45) is 0 Å². The Kier molecular flexibility index (Phi) is 5.07. The number of amides is 1. The van der Waals surface area contributed by atoms with E-state index in [0.29, 0.717) is 31.9 Å². The first-order chi connectivity index (χ1) is 12.1. The SMILES string of the molecule is CCN(Cc1cccc2c1OCCO2)C(=O)c1ccnc(N(C)C)c1. The van der Waals surface area contributed by atoms with Gasteiger partial charge in [-0.2, -0.15) is 0 Å². The van der Waals surface area contributed by atoms with Crippen LogP contribution < -0.4 is 14.4 Å². The van der Waals surface area contributed by atoms with Crippen LogP contribution >= 0.6 is 0 Å². The first-order valence-electron chi connectivity index (χ1n) is 8.40. The van der Waals surface area contributed by atoms with Gasteiger partial charge in [-0.25, -0.2) is 4.98 Å². The Morgan fingerprint density at radius 3 is 2.76 bits per heavy atom. The van der Waals surface area contributed by atoms with Crippen molar-refractivity contribution >= 4 is 11.7 Å². The van der Waals surface area contributed by atoms with Crippen LogP contribution in [0.25, 0.3) is 0 Å². The minimum atomic E-state index is -0.0256. The van der Waals surface area contributed by atoms with E-state index < -0.39 is 0 Å². The number of nitrogens with zero attached hydrogens (tertiary/aromatic N) is 3. The number of ether oxygens (including phenoxy) is 2. The largest absolute Gasteiger partial charge is 0.486 e. The number of para-hydroxylation sites is 1. The molecule has 6 nitrogen and oxygen atoms in total. The molecule has 0 bridgehead atoms. The molecule has 2 heterocycles. The summed E-state index contributed by atoms with van der Waals surface area (Å²) >= 11 is 0. The number of aromatic nitrogens is 1. The zero-order valence-electron chi connectivity index (χ0n) is 14.9. The highest BCUT2D eigenvalue weighted by Gasteiger charge is 2.20. The van der Waals surface area contributed by atoms with Crippen molar-refractivity contribution in [3.8, 4) is 11.5 Å². The van der Waals surface area contributed by atoms with Crippen molar-refractivity contribution < 1.29 is 14.3 Å². The van der Waals surface area contributed by atoms with Crippen LogP contribution in [0.15, 0.2) is 36.5 Å². The molecular weight excluding hydrogens is 318 g/mol. The van der Waals surface area contributed by atoms with E-state index in [9.17, 15) is 4.79 Å². The lowest BCUT2D eigenvalue weighted by Crippen LogP contribution is -2.31. The number of fused-ring (bicyclic) bond motifs is 1. The standard InChI is InChI=1S/C19H23N3O3/c1-4-22(19(23)14-8-9-20-17(12-14)21(2)3)13-15-6-5-7-16-18(15)25-11-10-24-16/h5-9,12H,4,10-11,13H2,1-3H3. The molecule has 0 saturated carbocycles. The molecule has 1 aromatic carbocycles. The summed E-state index contributed by atoms with van der Waals surface area (Å²) in [6.07, 6.45) is 1.66. The fourth-order valence-electron chi connectivity index (χ4n) is 2.77. The van der Waals surface area contributed by atoms with Crippen LogP contribution in [0.3, 0.4) is 0 Å². The number of pyridine rings is 1. The van der Waals surface area contributed by atoms with Crippen LogP contribution in [0, 0.1) is 0 Å². The smallest absolute Gasteiger partial charge is 0.254 e. The lowest BCUT2D eigenvalue weighted by molar-refractivity contribution is 0.0749. The van der Waals surface area contributed by atoms with E-state index in [-0.39, 0.29) is 5.91 Å². The third-order valence-electron chi connectivity index (χ3n) is 4.13. The lowest BCUT2D eigenvalue weighted by Gasteiger charge is -2.25. The normalized spacial score (nSPS) is 12.6. The van der Waals surface area contributed by atoms with Crippen LogP contribution in [0.4, 0.5) is 5.82 Å². The van der Waals surface area contributed by atoms with Gasteiger partial charge in [0.1, 0.15) is 19.0 Å². The van der Waals surface area contributed by atoms with E-state index in [1.807, 2.05) is 50.2 Å². The molecule has 0 spiro atoms. The molecule has 25 heavy (non-hydrogen) atoms. The van der Waals surface area contributed by atoms with Gasteiger partial charge in [-0.3, -0.25) is 4.79 Å². The molecule has 3 rings (SSSR count). The number of carbonyl (C=O) groups is 1. The van der Waals surface area contributed by atoms with E-state index in [1.165, 1.54) is 0 Å². The second-order valence-corrected chi connectivity index (χ2v) is 6.06. The Morgan fingerprint density at radius 1 is 1.20 bits per heavy atom. The Morgan fingerprint density at radius 2 is 2.00 bits per heavy atom. The monoisotopic (exact) mass is 341 g/mol. The highest BCUT2D eigenvalue weighted by molar-refractivity contribution is 5.94. The van der Waals surface area contributed by atoms with E-state index in [4.69, 9.17) is 9.47 Å². The molecule has 0 fully saturated rings. The number of hydrogen-bond donors (Lipinski definition) is 0. The average molecular weight is 341 g/mol. The van der Waals surface area contributed by atoms with Gasteiger partial charge in [-0.15, -0.1) is 0 Å². The van der Waals surface area contributed by atoms with Crippen LogP contribution in [0.2, 0.25) is 0 Å². The van der Waals surface area contributed by atoms with Gasteiger partial charge < -0.3 is 19.3 Å². The molecule has 6 heteroatoms. The van der Waals surface area contributed by atoms with Crippen molar-refractivity contribution in [2.75, 3.05) is 38.8 Å². The Labute approximate surface area is 148 Å². The summed E-state index contributed by atoms with van der Waals surface area (Å²) in [5.41, 5.74) is 1.58. The predicted octanol–water partition coefficient (Wildman–Crippen LogP) is 2.58. The van der Waals surface area contributed by atoms with Crippen LogP contribution in [-0.2, 0) is 6.54 Å². The summed E-state index contributed by atoms with van der Waals surface area (Å²) < 4.78 is 11.4. The molecule has 1 aliphatic rings. The van der Waals surface area contributed by atoms with Crippen molar-refractivity contribution in [3.05, 3.63) is 47.7 Å². The van der Waals surface area contributed by atoms with Crippen molar-refractivity contribution in [3.63, 3.8) is 0 Å². The Hall–Kier alpha value is -2.76. The van der Waals surface area contributed by atoms with Gasteiger partial charge in [0.05, 0.1) is 0 Å². The van der Waals surface area contributed by atoms with Crippen molar-refractivity contribution in [1.29, 1.82) is 0 Å². The van der Waals surface area contributed by atoms with Gasteiger partial charge in [-0.1, -0.05) is 12.1 Å². The van der Waals surface area contributed by atoms with Gasteiger partial charge in [0.15, 0.2) is 11.5 Å². The van der Waals surface area contributed by atoms with Gasteiger partial charge in [0, 0.05) is 44.5 Å². The lowest BCUT2D eigenvalue weighted by atomic mass is 10.1. The summed E-state index contributed by atoms with van der Waals surface area (Å²) in [5, 5.41) is 0. The number of benzene rings is 1. The van der Waals surface area contributed by atoms with E-state index >= 15 is 0 Å². The average Bonchev–Trinajstić information content (AvgIpc) is 2.65. The molecule has 0 atom stereocenters. The molecule has 132 valence electrons. The fourth-order valence-corrected chi connectivity index (χ4v) is 2.77. The van der Waals surface area contributed by atoms with E-state index in [1.54, 1.807) is 17.2 Å². The molecule has 1 aromatic heterocycles. The summed E-state index contributed by atoms with van der Waals surface area (Å²) in [4.78, 5) is 20.9. The highest BCUT2D eigenvalue weighted by atomic mass is 16.6. The van der Waals surface area contributed by atoms with Gasteiger partial charge in [0.2, 0.25) is 0 Å². The summed E-state index contributed by atoms with van der Waals surface area (Å²) in [7, 11) is 3.81. The first-order valence-corrected chi connectivity index (χ1v) is 8.40. The molecule has 0 unspecified atom stereocenters. The van der Waals surface area contributed by atoms with Gasteiger partial charge >= 0.3 is 0 Å². The maximum atomic E-state index is 12.9. The third-order valence-corrected chi connectivity index (χ3v) is 4.13. The van der Waals surface area contributed by atoms with Gasteiger partial charge in [0.25, 0.3) is 5.91 Å². The number of hydrogen-bond acceptors (Lipinski definition) is 5. The summed E-state index contributed by atoms with van der Waals surface area (Å²) in [6, 6.07) is 9.35. The number of anilines is 1. The maximum Gasteiger partial charge on any atom is 0.254 e. The van der Waals surface area contributed by atoms with Crippen LogP contribution in [0.5, 0.6) is 11.5 Å². The molecule has 1 amide bonds. The minimum absolute atomic E-state index is 0.0256. The third kappa shape index (κ3) is 3.68. The van der Waals surface area contributed by atoms with Crippen molar-refractivity contribution in [2.45, 2.75) is 13.5 Å². The second-order valence-electron chi connectivity index (χ2n) is 6.06. The fraction of sp³-hybridized carbons (Fsp3) is 0.368. The van der Waals surface area contributed by atoms with E-state index in [0.717, 1.165) is 22.9 Å². The Bertz CT molecular complexity index is 761. The molecule has 0 radical (unpaired) electrons. The van der Waals surface area contributed by atoms with Crippen LogP contribution in [-0.4, -0.2) is 49.6 Å². The number of carbonyl (C=O) groups excluding carboxylic acids is 1. The van der Waals surface area contributed by atoms with Crippen LogP contribution in [0.1, 0.15) is 22.8 Å². The molecule has 2 aromatic rings. The predicted molar refractivity (Wildman–Crippen MR) is 96.4 cm³/mol. The maximum absolute atomic E-state index is 12.9. The zero-order valence-corrected chi connectivity index (χ0v) is 14.9. The molecule has 0 N–H and O–H groups in total. The first kappa shape index (κ1) is 17.1. The number of rotatable bonds is 5. The second kappa shape index (κ2) is 7.42.